The van der Waals surface area contributed by atoms with Gasteiger partial charge in [0.2, 0.25) is 0 Å². The number of para-hydroxylation sites is 1. The van der Waals surface area contributed by atoms with Crippen molar-refractivity contribution in [2.75, 3.05) is 23.7 Å². The largest absolute Gasteiger partial charge is 0.397 e. The number of nitrogen functional groups attached to an aromatic ring is 1. The van der Waals surface area contributed by atoms with Gasteiger partial charge in [-0.2, -0.15) is 0 Å². The fourth-order valence-electron chi connectivity index (χ4n) is 1.99. The van der Waals surface area contributed by atoms with Crippen molar-refractivity contribution in [1.29, 1.82) is 0 Å². The van der Waals surface area contributed by atoms with Crippen molar-refractivity contribution in [3.8, 4) is 0 Å². The summed E-state index contributed by atoms with van der Waals surface area (Å²) in [6.45, 7) is 5.96. The monoisotopic (exact) mass is 235 g/mol. The molecule has 0 aliphatic carbocycles. The van der Waals surface area contributed by atoms with Crippen molar-refractivity contribution >= 4 is 17.3 Å². The number of nitrogens with two attached hydrogens (primary N) is 2. The fourth-order valence-corrected chi connectivity index (χ4v) is 1.99. The van der Waals surface area contributed by atoms with Crippen molar-refractivity contribution in [3.63, 3.8) is 0 Å². The van der Waals surface area contributed by atoms with Gasteiger partial charge in [-0.1, -0.05) is 19.9 Å². The van der Waals surface area contributed by atoms with E-state index in [0.717, 1.165) is 31.6 Å². The highest BCUT2D eigenvalue weighted by Gasteiger charge is 2.16. The molecule has 94 valence electrons. The van der Waals surface area contributed by atoms with Crippen LogP contribution in [-0.2, 0) is 0 Å². The van der Waals surface area contributed by atoms with E-state index < -0.39 is 5.91 Å². The third-order valence-electron chi connectivity index (χ3n) is 2.64. The molecule has 0 saturated heterocycles. The number of amides is 1. The number of rotatable bonds is 6. The first-order valence-corrected chi connectivity index (χ1v) is 6.05. The van der Waals surface area contributed by atoms with Crippen LogP contribution in [0.5, 0.6) is 0 Å². The third kappa shape index (κ3) is 3.12. The molecule has 0 unspecified atom stereocenters. The summed E-state index contributed by atoms with van der Waals surface area (Å²) in [5.74, 6) is -0.426. The Morgan fingerprint density at radius 3 is 2.29 bits per heavy atom. The van der Waals surface area contributed by atoms with Crippen LogP contribution >= 0.6 is 0 Å². The maximum atomic E-state index is 11.4. The summed E-state index contributed by atoms with van der Waals surface area (Å²) < 4.78 is 0. The van der Waals surface area contributed by atoms with Crippen LogP contribution in [0.4, 0.5) is 11.4 Å². The highest BCUT2D eigenvalue weighted by molar-refractivity contribution is 6.01. The van der Waals surface area contributed by atoms with Gasteiger partial charge in [0.05, 0.1) is 16.9 Å². The molecule has 0 radical (unpaired) electrons. The number of benzene rings is 1. The lowest BCUT2D eigenvalue weighted by molar-refractivity contribution is 0.100. The summed E-state index contributed by atoms with van der Waals surface area (Å²) in [4.78, 5) is 13.6. The van der Waals surface area contributed by atoms with Crippen LogP contribution in [0.15, 0.2) is 18.2 Å². The van der Waals surface area contributed by atoms with Crippen LogP contribution in [0, 0.1) is 0 Å². The molecule has 0 atom stereocenters. The van der Waals surface area contributed by atoms with Crippen molar-refractivity contribution in [2.45, 2.75) is 26.7 Å². The second-order valence-electron chi connectivity index (χ2n) is 4.09. The van der Waals surface area contributed by atoms with Crippen LogP contribution in [0.3, 0.4) is 0 Å². The molecule has 0 aliphatic rings. The van der Waals surface area contributed by atoms with E-state index in [9.17, 15) is 4.79 Å². The van der Waals surface area contributed by atoms with Gasteiger partial charge in [-0.15, -0.1) is 0 Å². The summed E-state index contributed by atoms with van der Waals surface area (Å²) in [5, 5.41) is 0. The van der Waals surface area contributed by atoms with Gasteiger partial charge in [0.15, 0.2) is 0 Å². The Hall–Kier alpha value is -1.71. The highest BCUT2D eigenvalue weighted by Crippen LogP contribution is 2.28. The molecular formula is C13H21N3O. The highest BCUT2D eigenvalue weighted by atomic mass is 16.1. The van der Waals surface area contributed by atoms with Crippen LogP contribution < -0.4 is 16.4 Å². The average Bonchev–Trinajstić information content (AvgIpc) is 2.28. The predicted octanol–water partition coefficient (Wildman–Crippen LogP) is 1.99. The molecule has 1 amide bonds. The Bertz CT molecular complexity index is 384. The van der Waals surface area contributed by atoms with E-state index in [0.29, 0.717) is 11.3 Å². The molecule has 0 fully saturated rings. The molecule has 1 aromatic carbocycles. The number of carbonyl (C=O) groups is 1. The van der Waals surface area contributed by atoms with E-state index in [4.69, 9.17) is 11.5 Å². The lowest BCUT2D eigenvalue weighted by Crippen LogP contribution is -2.29. The van der Waals surface area contributed by atoms with Gasteiger partial charge in [0, 0.05) is 13.1 Å². The molecule has 0 aromatic heterocycles. The topological polar surface area (TPSA) is 72.3 Å². The van der Waals surface area contributed by atoms with Gasteiger partial charge in [-0.25, -0.2) is 0 Å². The summed E-state index contributed by atoms with van der Waals surface area (Å²) in [6, 6.07) is 5.29. The minimum atomic E-state index is -0.426. The smallest absolute Gasteiger partial charge is 0.250 e. The number of primary amides is 1. The normalized spacial score (nSPS) is 10.2. The van der Waals surface area contributed by atoms with Crippen LogP contribution in [0.1, 0.15) is 37.0 Å². The fraction of sp³-hybridized carbons (Fsp3) is 0.462. The van der Waals surface area contributed by atoms with Gasteiger partial charge in [0.25, 0.3) is 5.91 Å². The maximum Gasteiger partial charge on any atom is 0.250 e. The van der Waals surface area contributed by atoms with E-state index in [2.05, 4.69) is 18.7 Å². The molecule has 0 saturated carbocycles. The second-order valence-corrected chi connectivity index (χ2v) is 4.09. The Morgan fingerprint density at radius 2 is 1.82 bits per heavy atom. The second kappa shape index (κ2) is 6.13. The van der Waals surface area contributed by atoms with Crippen molar-refractivity contribution < 1.29 is 4.79 Å². The molecule has 4 heteroatoms. The van der Waals surface area contributed by atoms with E-state index in [1.54, 1.807) is 18.2 Å². The summed E-state index contributed by atoms with van der Waals surface area (Å²) >= 11 is 0. The molecule has 0 spiro atoms. The van der Waals surface area contributed by atoms with E-state index in [1.165, 1.54) is 0 Å². The van der Waals surface area contributed by atoms with Gasteiger partial charge in [0.1, 0.15) is 0 Å². The SMILES string of the molecule is CCCN(CCC)c1c(N)cccc1C(N)=O. The third-order valence-corrected chi connectivity index (χ3v) is 2.64. The molecule has 17 heavy (non-hydrogen) atoms. The zero-order valence-electron chi connectivity index (χ0n) is 10.6. The van der Waals surface area contributed by atoms with E-state index >= 15 is 0 Å². The average molecular weight is 235 g/mol. The van der Waals surface area contributed by atoms with Crippen LogP contribution in [-0.4, -0.2) is 19.0 Å². The molecule has 4 N–H and O–H groups in total. The predicted molar refractivity (Wildman–Crippen MR) is 72.2 cm³/mol. The molecule has 0 bridgehead atoms. The molecular weight excluding hydrogens is 214 g/mol. The molecule has 4 nitrogen and oxygen atoms in total. The Labute approximate surface area is 103 Å². The number of hydrogen-bond acceptors (Lipinski definition) is 3. The Morgan fingerprint density at radius 1 is 1.24 bits per heavy atom. The van der Waals surface area contributed by atoms with Crippen LogP contribution in [0.25, 0.3) is 0 Å². The lowest BCUT2D eigenvalue weighted by Gasteiger charge is -2.27. The number of carbonyl (C=O) groups excluding carboxylic acids is 1. The lowest BCUT2D eigenvalue weighted by atomic mass is 10.1. The zero-order chi connectivity index (χ0) is 12.8. The molecule has 0 aliphatic heterocycles. The first-order chi connectivity index (χ1) is 8.11. The van der Waals surface area contributed by atoms with Gasteiger partial charge in [-0.05, 0) is 25.0 Å². The van der Waals surface area contributed by atoms with Gasteiger partial charge >= 0.3 is 0 Å². The van der Waals surface area contributed by atoms with Crippen LogP contribution in [0.2, 0.25) is 0 Å². The van der Waals surface area contributed by atoms with Gasteiger partial charge in [-0.3, -0.25) is 4.79 Å². The molecule has 1 rings (SSSR count). The number of nitrogens with zero attached hydrogens (tertiary/aromatic N) is 1. The summed E-state index contributed by atoms with van der Waals surface area (Å²) in [5.41, 5.74) is 13.3. The maximum absolute atomic E-state index is 11.4. The standard InChI is InChI=1S/C13H21N3O/c1-3-8-16(9-4-2)12-10(13(15)17)6-5-7-11(12)14/h5-7H,3-4,8-9,14H2,1-2H3,(H2,15,17). The molecule has 0 heterocycles. The molecule has 1 aromatic rings. The van der Waals surface area contributed by atoms with E-state index in [1.807, 2.05) is 0 Å². The first-order valence-electron chi connectivity index (χ1n) is 6.05. The summed E-state index contributed by atoms with van der Waals surface area (Å²) in [6.07, 6.45) is 2.01. The van der Waals surface area contributed by atoms with E-state index in [-0.39, 0.29) is 0 Å². The minimum absolute atomic E-state index is 0.426. The van der Waals surface area contributed by atoms with Crippen molar-refractivity contribution in [2.24, 2.45) is 5.73 Å². The minimum Gasteiger partial charge on any atom is -0.397 e. The summed E-state index contributed by atoms with van der Waals surface area (Å²) in [7, 11) is 0. The van der Waals surface area contributed by atoms with Crippen molar-refractivity contribution in [3.05, 3.63) is 23.8 Å². The Balaban J connectivity index is 3.19. The number of hydrogen-bond donors (Lipinski definition) is 2. The zero-order valence-corrected chi connectivity index (χ0v) is 10.6. The van der Waals surface area contributed by atoms with Crippen molar-refractivity contribution in [1.82, 2.24) is 0 Å². The van der Waals surface area contributed by atoms with Gasteiger partial charge < -0.3 is 16.4 Å². The quantitative estimate of drug-likeness (QED) is 0.741. The number of anilines is 2. The first kappa shape index (κ1) is 13.4. The Kier molecular flexibility index (Phi) is 4.82.